The summed E-state index contributed by atoms with van der Waals surface area (Å²) >= 11 is 0. The van der Waals surface area contributed by atoms with Gasteiger partial charge in [0.15, 0.2) is 5.82 Å². The molecule has 1 aromatic heterocycles. The number of nitrogens with zero attached hydrogens (tertiary/aromatic N) is 2. The number of amides is 2. The van der Waals surface area contributed by atoms with E-state index in [4.69, 9.17) is 9.26 Å². The maximum Gasteiger partial charge on any atom is 0.324 e. The summed E-state index contributed by atoms with van der Waals surface area (Å²) in [6.07, 6.45) is 0.0790. The van der Waals surface area contributed by atoms with E-state index in [0.717, 1.165) is 0 Å². The fourth-order valence-electron chi connectivity index (χ4n) is 2.92. The number of ether oxygens (including phenoxy) is 1. The number of aryl methyl sites for hydroxylation is 1. The van der Waals surface area contributed by atoms with Crippen molar-refractivity contribution in [1.29, 1.82) is 0 Å². The minimum absolute atomic E-state index is 0.0395. The maximum atomic E-state index is 14.5. The lowest BCUT2D eigenvalue weighted by Crippen LogP contribution is -2.45. The van der Waals surface area contributed by atoms with Gasteiger partial charge < -0.3 is 19.5 Å². The Labute approximate surface area is 145 Å². The lowest BCUT2D eigenvalue weighted by atomic mass is 10.2. The van der Waals surface area contributed by atoms with Gasteiger partial charge in [-0.3, -0.25) is 5.32 Å². The number of hydrogen-bond acceptors (Lipinski definition) is 5. The Morgan fingerprint density at radius 3 is 2.56 bits per heavy atom. The molecule has 0 spiro atoms. The van der Waals surface area contributed by atoms with Crippen LogP contribution in [0.15, 0.2) is 28.8 Å². The monoisotopic (exact) mass is 348 g/mol. The van der Waals surface area contributed by atoms with E-state index in [-0.39, 0.29) is 12.2 Å². The first-order valence-electron chi connectivity index (χ1n) is 8.12. The van der Waals surface area contributed by atoms with Crippen LogP contribution in [0.1, 0.15) is 19.6 Å². The van der Waals surface area contributed by atoms with Gasteiger partial charge in [0, 0.05) is 24.8 Å². The van der Waals surface area contributed by atoms with Gasteiger partial charge in [-0.15, -0.1) is 0 Å². The highest BCUT2D eigenvalue weighted by Crippen LogP contribution is 2.26. The number of benzene rings is 1. The molecule has 134 valence electrons. The van der Waals surface area contributed by atoms with Crippen LogP contribution in [-0.2, 0) is 4.74 Å². The third-order valence-electron chi connectivity index (χ3n) is 3.84. The van der Waals surface area contributed by atoms with E-state index >= 15 is 0 Å². The molecule has 0 bridgehead atoms. The standard InChI is InChI=1S/C17H21FN4O3/c1-10-6-16(21-25-10)20-17(23)19-13-4-5-15(14(18)7-13)22-8-11(2)24-12(3)9-22/h4-7,11-12H,8-9H2,1-3H3,(H2,19,20,21,23)/t11-,12+. The largest absolute Gasteiger partial charge is 0.372 e. The Morgan fingerprint density at radius 2 is 1.96 bits per heavy atom. The highest BCUT2D eigenvalue weighted by molar-refractivity contribution is 5.99. The zero-order chi connectivity index (χ0) is 18.0. The van der Waals surface area contributed by atoms with Gasteiger partial charge in [0.1, 0.15) is 11.6 Å². The fourth-order valence-corrected chi connectivity index (χ4v) is 2.92. The van der Waals surface area contributed by atoms with Crippen molar-refractivity contribution in [2.45, 2.75) is 33.0 Å². The van der Waals surface area contributed by atoms with Crippen LogP contribution in [0.25, 0.3) is 0 Å². The SMILES string of the molecule is Cc1cc(NC(=O)Nc2ccc(N3C[C@@H](C)O[C@@H](C)C3)c(F)c2)no1. The molecular formula is C17H21FN4O3. The third-order valence-corrected chi connectivity index (χ3v) is 3.84. The Bertz CT molecular complexity index is 754. The first kappa shape index (κ1) is 17.2. The zero-order valence-electron chi connectivity index (χ0n) is 14.4. The molecule has 2 amide bonds. The van der Waals surface area contributed by atoms with Crippen LogP contribution < -0.4 is 15.5 Å². The van der Waals surface area contributed by atoms with E-state index in [1.165, 1.54) is 6.07 Å². The minimum atomic E-state index is -0.519. The van der Waals surface area contributed by atoms with Gasteiger partial charge in [0.05, 0.1) is 17.9 Å². The summed E-state index contributed by atoms with van der Waals surface area (Å²) in [6, 6.07) is 5.69. The molecule has 7 nitrogen and oxygen atoms in total. The van der Waals surface area contributed by atoms with Crippen molar-refractivity contribution in [3.05, 3.63) is 35.8 Å². The van der Waals surface area contributed by atoms with Gasteiger partial charge in [-0.1, -0.05) is 5.16 Å². The molecule has 0 aliphatic carbocycles. The molecular weight excluding hydrogens is 327 g/mol. The molecule has 2 atom stereocenters. The van der Waals surface area contributed by atoms with Crippen molar-refractivity contribution in [2.75, 3.05) is 28.6 Å². The third kappa shape index (κ3) is 4.27. The number of halogens is 1. The molecule has 0 saturated carbocycles. The first-order valence-corrected chi connectivity index (χ1v) is 8.12. The number of aromatic nitrogens is 1. The molecule has 1 aliphatic heterocycles. The number of morpholine rings is 1. The van der Waals surface area contributed by atoms with Crippen molar-refractivity contribution >= 4 is 23.2 Å². The van der Waals surface area contributed by atoms with E-state index in [2.05, 4.69) is 15.8 Å². The van der Waals surface area contributed by atoms with Crippen LogP contribution in [0.5, 0.6) is 0 Å². The Morgan fingerprint density at radius 1 is 1.24 bits per heavy atom. The molecule has 2 heterocycles. The average Bonchev–Trinajstić information content (AvgIpc) is 2.91. The number of anilines is 3. The predicted molar refractivity (Wildman–Crippen MR) is 92.5 cm³/mol. The number of rotatable bonds is 3. The van der Waals surface area contributed by atoms with Gasteiger partial charge >= 0.3 is 6.03 Å². The molecule has 2 N–H and O–H groups in total. The van der Waals surface area contributed by atoms with Gasteiger partial charge in [0.25, 0.3) is 0 Å². The summed E-state index contributed by atoms with van der Waals surface area (Å²) in [4.78, 5) is 13.9. The quantitative estimate of drug-likeness (QED) is 0.889. The topological polar surface area (TPSA) is 79.6 Å². The van der Waals surface area contributed by atoms with E-state index in [0.29, 0.717) is 36.0 Å². The van der Waals surface area contributed by atoms with E-state index in [1.54, 1.807) is 25.1 Å². The number of carbonyl (C=O) groups is 1. The highest BCUT2D eigenvalue weighted by atomic mass is 19.1. The molecule has 0 radical (unpaired) electrons. The molecule has 3 rings (SSSR count). The summed E-state index contributed by atoms with van der Waals surface area (Å²) in [7, 11) is 0. The normalized spacial score (nSPS) is 20.4. The number of nitrogens with one attached hydrogen (secondary N) is 2. The summed E-state index contributed by atoms with van der Waals surface area (Å²) in [5.41, 5.74) is 0.855. The van der Waals surface area contributed by atoms with Crippen molar-refractivity contribution in [2.24, 2.45) is 0 Å². The van der Waals surface area contributed by atoms with Gasteiger partial charge in [0.2, 0.25) is 0 Å². The molecule has 2 aromatic rings. The van der Waals surface area contributed by atoms with Gasteiger partial charge in [-0.25, -0.2) is 9.18 Å². The number of carbonyl (C=O) groups excluding carboxylic acids is 1. The first-order chi connectivity index (χ1) is 11.9. The molecule has 0 unspecified atom stereocenters. The maximum absolute atomic E-state index is 14.5. The van der Waals surface area contributed by atoms with Crippen molar-refractivity contribution in [3.63, 3.8) is 0 Å². The van der Waals surface area contributed by atoms with Crippen LogP contribution >= 0.6 is 0 Å². The van der Waals surface area contributed by atoms with E-state index < -0.39 is 11.8 Å². The predicted octanol–water partition coefficient (Wildman–Crippen LogP) is 3.38. The van der Waals surface area contributed by atoms with Crippen LogP contribution in [0.4, 0.5) is 26.4 Å². The smallest absolute Gasteiger partial charge is 0.324 e. The van der Waals surface area contributed by atoms with Crippen LogP contribution in [0, 0.1) is 12.7 Å². The average molecular weight is 348 g/mol. The highest BCUT2D eigenvalue weighted by Gasteiger charge is 2.24. The van der Waals surface area contributed by atoms with Crippen molar-refractivity contribution in [1.82, 2.24) is 5.16 Å². The van der Waals surface area contributed by atoms with E-state index in [9.17, 15) is 9.18 Å². The summed E-state index contributed by atoms with van der Waals surface area (Å²) in [6.45, 7) is 6.90. The van der Waals surface area contributed by atoms with Gasteiger partial charge in [-0.05, 0) is 39.0 Å². The molecule has 1 aromatic carbocycles. The Hall–Kier alpha value is -2.61. The lowest BCUT2D eigenvalue weighted by molar-refractivity contribution is -0.00539. The second-order valence-electron chi connectivity index (χ2n) is 6.23. The van der Waals surface area contributed by atoms with Gasteiger partial charge in [-0.2, -0.15) is 0 Å². The second kappa shape index (κ2) is 7.10. The molecule has 1 saturated heterocycles. The molecule has 1 aliphatic rings. The summed E-state index contributed by atoms with van der Waals surface area (Å²) < 4.78 is 25.0. The molecule has 8 heteroatoms. The fraction of sp³-hybridized carbons (Fsp3) is 0.412. The van der Waals surface area contributed by atoms with Crippen molar-refractivity contribution < 1.29 is 18.4 Å². The van der Waals surface area contributed by atoms with Crippen LogP contribution in [0.3, 0.4) is 0 Å². The summed E-state index contributed by atoms with van der Waals surface area (Å²) in [5, 5.41) is 8.75. The van der Waals surface area contributed by atoms with Crippen LogP contribution in [0.2, 0.25) is 0 Å². The van der Waals surface area contributed by atoms with Crippen LogP contribution in [-0.4, -0.2) is 36.5 Å². The number of hydrogen-bond donors (Lipinski definition) is 2. The van der Waals surface area contributed by atoms with Crippen molar-refractivity contribution in [3.8, 4) is 0 Å². The molecule has 1 fully saturated rings. The van der Waals surface area contributed by atoms with E-state index in [1.807, 2.05) is 18.7 Å². The summed E-state index contributed by atoms with van der Waals surface area (Å²) in [5.74, 6) is 0.486. The second-order valence-corrected chi connectivity index (χ2v) is 6.23. The minimum Gasteiger partial charge on any atom is -0.372 e. The zero-order valence-corrected chi connectivity index (χ0v) is 14.4. The molecule has 25 heavy (non-hydrogen) atoms. The Kier molecular flexibility index (Phi) is 4.89. The number of urea groups is 1. The Balaban J connectivity index is 1.66. The lowest BCUT2D eigenvalue weighted by Gasteiger charge is -2.37.